The van der Waals surface area contributed by atoms with Crippen molar-refractivity contribution in [1.82, 2.24) is 30.0 Å². The molecule has 4 aromatic rings. The number of imidazole rings is 1. The van der Waals surface area contributed by atoms with E-state index in [2.05, 4.69) is 25.1 Å². The maximum Gasteiger partial charge on any atom is 0.274 e. The van der Waals surface area contributed by atoms with E-state index < -0.39 is 0 Å². The Morgan fingerprint density at radius 3 is 2.83 bits per heavy atom. The molecule has 8 nitrogen and oxygen atoms in total. The summed E-state index contributed by atoms with van der Waals surface area (Å²) in [4.78, 5) is 26.1. The van der Waals surface area contributed by atoms with Crippen molar-refractivity contribution >= 4 is 28.3 Å². The quantitative estimate of drug-likeness (QED) is 0.516. The zero-order chi connectivity index (χ0) is 20.5. The molecular weight excluding hydrogens is 400 g/mol. The SMILES string of the molecule is COc1ccc2nc(CN3CCN(C(=O)c4cc(-c5cccs5)[nH]n4)CC3)[nH]c2c1. The lowest BCUT2D eigenvalue weighted by Crippen LogP contribution is -2.48. The van der Waals surface area contributed by atoms with Gasteiger partial charge in [-0.2, -0.15) is 5.10 Å². The summed E-state index contributed by atoms with van der Waals surface area (Å²) in [6.45, 7) is 3.68. The number of benzene rings is 1. The van der Waals surface area contributed by atoms with Crippen LogP contribution in [0.3, 0.4) is 0 Å². The fourth-order valence-electron chi connectivity index (χ4n) is 3.72. The number of carbonyl (C=O) groups is 1. The van der Waals surface area contributed by atoms with Gasteiger partial charge in [0.15, 0.2) is 5.69 Å². The van der Waals surface area contributed by atoms with E-state index in [1.165, 1.54) is 0 Å². The molecular formula is C21H22N6O2S. The number of methoxy groups -OCH3 is 1. The molecule has 30 heavy (non-hydrogen) atoms. The van der Waals surface area contributed by atoms with Crippen molar-refractivity contribution < 1.29 is 9.53 Å². The van der Waals surface area contributed by atoms with Gasteiger partial charge in [-0.15, -0.1) is 11.3 Å². The van der Waals surface area contributed by atoms with E-state index in [0.717, 1.165) is 52.8 Å². The van der Waals surface area contributed by atoms with Crippen molar-refractivity contribution in [1.29, 1.82) is 0 Å². The van der Waals surface area contributed by atoms with Gasteiger partial charge in [0.2, 0.25) is 0 Å². The number of piperazine rings is 1. The zero-order valence-corrected chi connectivity index (χ0v) is 17.4. The maximum atomic E-state index is 12.8. The van der Waals surface area contributed by atoms with E-state index in [1.54, 1.807) is 18.4 Å². The van der Waals surface area contributed by atoms with E-state index in [-0.39, 0.29) is 5.91 Å². The molecule has 5 rings (SSSR count). The molecule has 0 spiro atoms. The number of thiophene rings is 1. The van der Waals surface area contributed by atoms with Crippen molar-refractivity contribution in [2.45, 2.75) is 6.54 Å². The summed E-state index contributed by atoms with van der Waals surface area (Å²) in [5, 5.41) is 9.20. The van der Waals surface area contributed by atoms with Crippen LogP contribution >= 0.6 is 11.3 Å². The van der Waals surface area contributed by atoms with Gasteiger partial charge in [-0.25, -0.2) is 4.98 Å². The number of nitrogens with one attached hydrogen (secondary N) is 2. The van der Waals surface area contributed by atoms with Gasteiger partial charge in [0.1, 0.15) is 11.6 Å². The fraction of sp³-hybridized carbons (Fsp3) is 0.286. The van der Waals surface area contributed by atoms with Gasteiger partial charge in [-0.3, -0.25) is 14.8 Å². The molecule has 0 saturated carbocycles. The number of hydrogen-bond donors (Lipinski definition) is 2. The maximum absolute atomic E-state index is 12.8. The van der Waals surface area contributed by atoms with E-state index in [9.17, 15) is 4.79 Å². The molecule has 154 valence electrons. The minimum Gasteiger partial charge on any atom is -0.497 e. The van der Waals surface area contributed by atoms with Gasteiger partial charge < -0.3 is 14.6 Å². The Kier molecular flexibility index (Phi) is 4.97. The van der Waals surface area contributed by atoms with Crippen LogP contribution in [-0.4, -0.2) is 69.2 Å². The lowest BCUT2D eigenvalue weighted by molar-refractivity contribution is 0.0620. The minimum absolute atomic E-state index is 0.0236. The minimum atomic E-state index is -0.0236. The Bertz CT molecular complexity index is 1160. The van der Waals surface area contributed by atoms with E-state index >= 15 is 0 Å². The van der Waals surface area contributed by atoms with Gasteiger partial charge in [-0.05, 0) is 29.6 Å². The number of H-pyrrole nitrogens is 2. The molecule has 0 bridgehead atoms. The average Bonchev–Trinajstić information content (AvgIpc) is 3.53. The first-order valence-electron chi connectivity index (χ1n) is 9.83. The van der Waals surface area contributed by atoms with Crippen LogP contribution in [0.1, 0.15) is 16.3 Å². The molecule has 0 aliphatic carbocycles. The van der Waals surface area contributed by atoms with Crippen LogP contribution in [0.15, 0.2) is 41.8 Å². The van der Waals surface area contributed by atoms with Crippen molar-refractivity contribution in [3.05, 3.63) is 53.3 Å². The molecule has 2 N–H and O–H groups in total. The number of aromatic amines is 2. The third kappa shape index (κ3) is 3.69. The molecule has 9 heteroatoms. The Labute approximate surface area is 177 Å². The first kappa shape index (κ1) is 18.8. The van der Waals surface area contributed by atoms with Crippen LogP contribution in [0.25, 0.3) is 21.6 Å². The van der Waals surface area contributed by atoms with Gasteiger partial charge in [0.05, 0.1) is 35.3 Å². The third-order valence-corrected chi connectivity index (χ3v) is 6.26. The lowest BCUT2D eigenvalue weighted by atomic mass is 10.2. The number of ether oxygens (including phenoxy) is 1. The van der Waals surface area contributed by atoms with Gasteiger partial charge in [0.25, 0.3) is 5.91 Å². The normalized spacial score (nSPS) is 15.0. The standard InChI is InChI=1S/C21H22N6O2S/c1-29-14-4-5-15-16(11-14)23-20(22-15)13-26-6-8-27(9-7-26)21(28)18-12-17(24-25-18)19-3-2-10-30-19/h2-5,10-12H,6-9,13H2,1H3,(H,22,23)(H,24,25). The zero-order valence-electron chi connectivity index (χ0n) is 16.6. The largest absolute Gasteiger partial charge is 0.497 e. The van der Waals surface area contributed by atoms with E-state index in [4.69, 9.17) is 4.74 Å². The first-order chi connectivity index (χ1) is 14.7. The summed E-state index contributed by atoms with van der Waals surface area (Å²) in [5.41, 5.74) is 3.25. The molecule has 1 amide bonds. The molecule has 0 radical (unpaired) electrons. The second-order valence-corrected chi connectivity index (χ2v) is 8.23. The molecule has 4 heterocycles. The van der Waals surface area contributed by atoms with Crippen LogP contribution in [0, 0.1) is 0 Å². The highest BCUT2D eigenvalue weighted by molar-refractivity contribution is 7.13. The predicted molar refractivity (Wildman–Crippen MR) is 116 cm³/mol. The fourth-order valence-corrected chi connectivity index (χ4v) is 4.41. The summed E-state index contributed by atoms with van der Waals surface area (Å²) < 4.78 is 5.27. The van der Waals surface area contributed by atoms with Crippen LogP contribution < -0.4 is 4.74 Å². The Morgan fingerprint density at radius 2 is 2.07 bits per heavy atom. The van der Waals surface area contributed by atoms with E-state index in [0.29, 0.717) is 18.8 Å². The lowest BCUT2D eigenvalue weighted by Gasteiger charge is -2.33. The third-order valence-electron chi connectivity index (χ3n) is 5.35. The predicted octanol–water partition coefficient (Wildman–Crippen LogP) is 2.98. The molecule has 0 atom stereocenters. The summed E-state index contributed by atoms with van der Waals surface area (Å²) in [5.74, 6) is 1.71. The van der Waals surface area contributed by atoms with E-state index in [1.807, 2.05) is 46.7 Å². The molecule has 1 saturated heterocycles. The number of aromatic nitrogens is 4. The molecule has 1 aliphatic rings. The number of hydrogen-bond acceptors (Lipinski definition) is 6. The second-order valence-electron chi connectivity index (χ2n) is 7.28. The number of fused-ring (bicyclic) bond motifs is 1. The Balaban J connectivity index is 1.19. The molecule has 1 aromatic carbocycles. The van der Waals surface area contributed by atoms with Crippen LogP contribution in [0.5, 0.6) is 5.75 Å². The highest BCUT2D eigenvalue weighted by Gasteiger charge is 2.24. The summed E-state index contributed by atoms with van der Waals surface area (Å²) in [6.07, 6.45) is 0. The van der Waals surface area contributed by atoms with Gasteiger partial charge >= 0.3 is 0 Å². The van der Waals surface area contributed by atoms with Crippen LogP contribution in [0.2, 0.25) is 0 Å². The van der Waals surface area contributed by atoms with Crippen LogP contribution in [-0.2, 0) is 6.54 Å². The van der Waals surface area contributed by atoms with Crippen molar-refractivity contribution in [2.24, 2.45) is 0 Å². The van der Waals surface area contributed by atoms with Gasteiger partial charge in [0, 0.05) is 32.2 Å². The number of rotatable bonds is 5. The average molecular weight is 423 g/mol. The van der Waals surface area contributed by atoms with Crippen molar-refractivity contribution in [2.75, 3.05) is 33.3 Å². The molecule has 3 aromatic heterocycles. The summed E-state index contributed by atoms with van der Waals surface area (Å²) in [7, 11) is 1.66. The monoisotopic (exact) mass is 422 g/mol. The Hall–Kier alpha value is -3.17. The summed E-state index contributed by atoms with van der Waals surface area (Å²) >= 11 is 1.62. The smallest absolute Gasteiger partial charge is 0.274 e. The molecule has 1 aliphatic heterocycles. The number of nitrogens with zero attached hydrogens (tertiary/aromatic N) is 4. The number of carbonyl (C=O) groups excluding carboxylic acids is 1. The molecule has 1 fully saturated rings. The highest BCUT2D eigenvalue weighted by Crippen LogP contribution is 2.24. The molecule has 0 unspecified atom stereocenters. The first-order valence-corrected chi connectivity index (χ1v) is 10.7. The second kappa shape index (κ2) is 7.92. The van der Waals surface area contributed by atoms with Crippen molar-refractivity contribution in [3.63, 3.8) is 0 Å². The van der Waals surface area contributed by atoms with Crippen LogP contribution in [0.4, 0.5) is 0 Å². The highest BCUT2D eigenvalue weighted by atomic mass is 32.1. The summed E-state index contributed by atoms with van der Waals surface area (Å²) in [6, 6.07) is 11.7. The van der Waals surface area contributed by atoms with Crippen molar-refractivity contribution in [3.8, 4) is 16.3 Å². The Morgan fingerprint density at radius 1 is 1.20 bits per heavy atom. The van der Waals surface area contributed by atoms with Gasteiger partial charge in [-0.1, -0.05) is 6.07 Å². The number of amides is 1. The topological polar surface area (TPSA) is 90.1 Å².